The fraction of sp³-hybridized carbons (Fsp3) is 0.417. The number of carbonyl (C=O) groups excluding carboxylic acids is 1. The zero-order valence-electron chi connectivity index (χ0n) is 11.2. The van der Waals surface area contributed by atoms with E-state index in [2.05, 4.69) is 5.32 Å². The second kappa shape index (κ2) is 7.06. The van der Waals surface area contributed by atoms with Crippen LogP contribution in [0.1, 0.15) is 17.3 Å². The number of hydrogen-bond acceptors (Lipinski definition) is 5. The minimum absolute atomic E-state index is 0.00573. The van der Waals surface area contributed by atoms with Crippen LogP contribution in [0.2, 0.25) is 5.02 Å². The summed E-state index contributed by atoms with van der Waals surface area (Å²) in [4.78, 5) is 22.1. The average molecular weight is 302 g/mol. The third kappa shape index (κ3) is 4.07. The topological polar surface area (TPSA) is 107 Å². The molecule has 1 unspecified atom stereocenters. The van der Waals surface area contributed by atoms with Crippen molar-refractivity contribution in [2.24, 2.45) is 5.92 Å². The fourth-order valence-electron chi connectivity index (χ4n) is 1.60. The van der Waals surface area contributed by atoms with E-state index in [-0.39, 0.29) is 27.9 Å². The molecule has 0 aliphatic heterocycles. The van der Waals surface area contributed by atoms with Crippen LogP contribution in [0, 0.1) is 16.0 Å². The fourth-order valence-corrected chi connectivity index (χ4v) is 1.82. The van der Waals surface area contributed by atoms with E-state index in [9.17, 15) is 14.9 Å². The maximum Gasteiger partial charge on any atom is 0.271 e. The van der Waals surface area contributed by atoms with E-state index in [1.807, 2.05) is 6.92 Å². The highest BCUT2D eigenvalue weighted by atomic mass is 35.5. The Bertz CT molecular complexity index is 522. The van der Waals surface area contributed by atoms with Crippen molar-refractivity contribution in [1.82, 2.24) is 5.32 Å². The molecule has 1 aromatic carbocycles. The molecule has 20 heavy (non-hydrogen) atoms. The summed E-state index contributed by atoms with van der Waals surface area (Å²) in [6.45, 7) is 2.76. The Hall–Kier alpha value is -1.86. The molecule has 0 saturated carbocycles. The molecule has 0 aliphatic carbocycles. The molecule has 1 amide bonds. The summed E-state index contributed by atoms with van der Waals surface area (Å²) < 4.78 is 4.95. The number of amides is 1. The first-order valence-electron chi connectivity index (χ1n) is 5.87. The molecule has 0 aromatic heterocycles. The first-order chi connectivity index (χ1) is 9.36. The molecule has 0 fully saturated rings. The molecule has 1 rings (SSSR count). The second-order valence-electron chi connectivity index (χ2n) is 4.42. The van der Waals surface area contributed by atoms with E-state index >= 15 is 0 Å². The predicted molar refractivity (Wildman–Crippen MR) is 75.9 cm³/mol. The molecule has 3 N–H and O–H groups in total. The van der Waals surface area contributed by atoms with Crippen LogP contribution < -0.4 is 11.1 Å². The van der Waals surface area contributed by atoms with Gasteiger partial charge in [-0.2, -0.15) is 0 Å². The molecule has 0 heterocycles. The lowest BCUT2D eigenvalue weighted by Gasteiger charge is -2.12. The largest absolute Gasteiger partial charge is 0.397 e. The summed E-state index contributed by atoms with van der Waals surface area (Å²) in [5.74, 6) is -0.393. The first-order valence-corrected chi connectivity index (χ1v) is 6.25. The number of carbonyl (C=O) groups is 1. The molecule has 0 radical (unpaired) electrons. The lowest BCUT2D eigenvalue weighted by atomic mass is 10.1. The number of nitrogens with two attached hydrogens (primary N) is 1. The lowest BCUT2D eigenvalue weighted by Crippen LogP contribution is -2.30. The highest BCUT2D eigenvalue weighted by Crippen LogP contribution is 2.28. The number of anilines is 1. The summed E-state index contributed by atoms with van der Waals surface area (Å²) in [6, 6.07) is 2.22. The number of nitrogens with one attached hydrogen (secondary N) is 1. The molecule has 0 spiro atoms. The van der Waals surface area contributed by atoms with E-state index in [4.69, 9.17) is 22.1 Å². The summed E-state index contributed by atoms with van der Waals surface area (Å²) in [5.41, 5.74) is 5.42. The van der Waals surface area contributed by atoms with Gasteiger partial charge in [-0.05, 0) is 5.92 Å². The van der Waals surface area contributed by atoms with Gasteiger partial charge in [-0.3, -0.25) is 14.9 Å². The number of hydrogen-bond donors (Lipinski definition) is 2. The molecule has 8 heteroatoms. The molecule has 110 valence electrons. The summed E-state index contributed by atoms with van der Waals surface area (Å²) in [6.07, 6.45) is 0. The first kappa shape index (κ1) is 16.2. The van der Waals surface area contributed by atoms with Crippen molar-refractivity contribution in [3.8, 4) is 0 Å². The number of ether oxygens (including phenoxy) is 1. The number of benzene rings is 1. The Balaban J connectivity index is 2.89. The molecule has 0 bridgehead atoms. The normalized spacial score (nSPS) is 11.9. The van der Waals surface area contributed by atoms with Gasteiger partial charge in [0.1, 0.15) is 0 Å². The van der Waals surface area contributed by atoms with Crippen LogP contribution in [0.4, 0.5) is 11.4 Å². The van der Waals surface area contributed by atoms with Gasteiger partial charge >= 0.3 is 0 Å². The van der Waals surface area contributed by atoms with Crippen LogP contribution in [0.5, 0.6) is 0 Å². The summed E-state index contributed by atoms with van der Waals surface area (Å²) in [5, 5.41) is 13.4. The number of nitro groups is 1. The van der Waals surface area contributed by atoms with E-state index in [1.165, 1.54) is 0 Å². The van der Waals surface area contributed by atoms with Gasteiger partial charge in [0.2, 0.25) is 0 Å². The van der Waals surface area contributed by atoms with Gasteiger partial charge < -0.3 is 15.8 Å². The van der Waals surface area contributed by atoms with E-state index < -0.39 is 10.8 Å². The second-order valence-corrected chi connectivity index (χ2v) is 4.82. The third-order valence-electron chi connectivity index (χ3n) is 2.63. The SMILES string of the molecule is COCC(C)CNC(=O)c1cc([N+](=O)[O-])cc(Cl)c1N. The number of nitro benzene ring substituents is 1. The van der Waals surface area contributed by atoms with E-state index in [0.717, 1.165) is 12.1 Å². The number of rotatable bonds is 6. The van der Waals surface area contributed by atoms with Gasteiger partial charge in [-0.1, -0.05) is 18.5 Å². The van der Waals surface area contributed by atoms with Crippen molar-refractivity contribution in [2.75, 3.05) is 26.0 Å². The Morgan fingerprint density at radius 1 is 1.60 bits per heavy atom. The van der Waals surface area contributed by atoms with Gasteiger partial charge in [0.05, 0.1) is 27.8 Å². The number of methoxy groups -OCH3 is 1. The van der Waals surface area contributed by atoms with Crippen LogP contribution in [-0.2, 0) is 4.74 Å². The average Bonchev–Trinajstić information content (AvgIpc) is 2.39. The van der Waals surface area contributed by atoms with Gasteiger partial charge in [0.15, 0.2) is 0 Å². The van der Waals surface area contributed by atoms with Crippen molar-refractivity contribution in [3.05, 3.63) is 32.8 Å². The van der Waals surface area contributed by atoms with Crippen molar-refractivity contribution in [3.63, 3.8) is 0 Å². The Morgan fingerprint density at radius 2 is 2.25 bits per heavy atom. The van der Waals surface area contributed by atoms with Gasteiger partial charge in [0.25, 0.3) is 11.6 Å². The van der Waals surface area contributed by atoms with Crippen LogP contribution >= 0.6 is 11.6 Å². The number of non-ortho nitro benzene ring substituents is 1. The van der Waals surface area contributed by atoms with Gasteiger partial charge in [0, 0.05) is 25.8 Å². The third-order valence-corrected chi connectivity index (χ3v) is 2.94. The molecular formula is C12H16ClN3O4. The number of nitrogens with zero attached hydrogens (tertiary/aromatic N) is 1. The van der Waals surface area contributed by atoms with E-state index in [0.29, 0.717) is 13.2 Å². The minimum Gasteiger partial charge on any atom is -0.397 e. The molecular weight excluding hydrogens is 286 g/mol. The molecule has 0 saturated heterocycles. The maximum absolute atomic E-state index is 12.0. The number of halogens is 1. The van der Waals surface area contributed by atoms with Crippen molar-refractivity contribution >= 4 is 28.9 Å². The highest BCUT2D eigenvalue weighted by molar-refractivity contribution is 6.34. The standard InChI is InChI=1S/C12H16ClN3O4/c1-7(6-20-2)5-15-12(17)9-3-8(16(18)19)4-10(13)11(9)14/h3-4,7H,5-6,14H2,1-2H3,(H,15,17). The molecule has 0 aliphatic rings. The maximum atomic E-state index is 12.0. The number of nitrogen functional groups attached to an aromatic ring is 1. The smallest absolute Gasteiger partial charge is 0.271 e. The summed E-state index contributed by atoms with van der Waals surface area (Å²) in [7, 11) is 1.57. The lowest BCUT2D eigenvalue weighted by molar-refractivity contribution is -0.384. The van der Waals surface area contributed by atoms with E-state index in [1.54, 1.807) is 7.11 Å². The van der Waals surface area contributed by atoms with Crippen LogP contribution in [0.3, 0.4) is 0 Å². The van der Waals surface area contributed by atoms with Crippen LogP contribution in [0.15, 0.2) is 12.1 Å². The van der Waals surface area contributed by atoms with Crippen molar-refractivity contribution in [1.29, 1.82) is 0 Å². The van der Waals surface area contributed by atoms with Gasteiger partial charge in [-0.15, -0.1) is 0 Å². The zero-order chi connectivity index (χ0) is 15.3. The monoisotopic (exact) mass is 301 g/mol. The summed E-state index contributed by atoms with van der Waals surface area (Å²) >= 11 is 5.79. The van der Waals surface area contributed by atoms with Gasteiger partial charge in [-0.25, -0.2) is 0 Å². The van der Waals surface area contributed by atoms with Crippen molar-refractivity contribution < 1.29 is 14.5 Å². The highest BCUT2D eigenvalue weighted by Gasteiger charge is 2.19. The molecule has 7 nitrogen and oxygen atoms in total. The van der Waals surface area contributed by atoms with Crippen LogP contribution in [0.25, 0.3) is 0 Å². The minimum atomic E-state index is -0.629. The Labute approximate surface area is 121 Å². The Kier molecular flexibility index (Phi) is 5.72. The predicted octanol–water partition coefficient (Wildman–Crippen LogP) is 1.84. The van der Waals surface area contributed by atoms with Crippen molar-refractivity contribution in [2.45, 2.75) is 6.92 Å². The molecule has 1 aromatic rings. The van der Waals surface area contributed by atoms with Crippen LogP contribution in [-0.4, -0.2) is 31.1 Å². The zero-order valence-corrected chi connectivity index (χ0v) is 11.9. The molecule has 1 atom stereocenters. The quantitative estimate of drug-likeness (QED) is 0.473. The Morgan fingerprint density at radius 3 is 2.80 bits per heavy atom.